The lowest BCUT2D eigenvalue weighted by atomic mass is 10.1. The lowest BCUT2D eigenvalue weighted by molar-refractivity contribution is 0.193. The highest BCUT2D eigenvalue weighted by Gasteiger charge is 2.19. The molecule has 0 radical (unpaired) electrons. The van der Waals surface area contributed by atoms with Gasteiger partial charge in [-0.3, -0.25) is 4.68 Å². The van der Waals surface area contributed by atoms with Crippen molar-refractivity contribution in [2.24, 2.45) is 0 Å². The monoisotopic (exact) mass is 323 g/mol. The van der Waals surface area contributed by atoms with Gasteiger partial charge in [0, 0.05) is 37.1 Å². The van der Waals surface area contributed by atoms with Crippen molar-refractivity contribution in [3.8, 4) is 0 Å². The van der Waals surface area contributed by atoms with Gasteiger partial charge in [-0.2, -0.15) is 5.10 Å². The Morgan fingerprint density at radius 2 is 2.21 bits per heavy atom. The van der Waals surface area contributed by atoms with Gasteiger partial charge in [0.15, 0.2) is 0 Å². The van der Waals surface area contributed by atoms with Crippen LogP contribution in [0.4, 0.5) is 5.82 Å². The first-order chi connectivity index (χ1) is 11.9. The van der Waals surface area contributed by atoms with Crippen LogP contribution in [0.5, 0.6) is 0 Å². The molecule has 1 aliphatic heterocycles. The van der Waals surface area contributed by atoms with Gasteiger partial charge in [0.05, 0.1) is 24.0 Å². The summed E-state index contributed by atoms with van der Waals surface area (Å²) in [5, 5.41) is 9.03. The Hall–Kier alpha value is -2.47. The fourth-order valence-corrected chi connectivity index (χ4v) is 3.11. The molecule has 0 saturated carbocycles. The minimum atomic E-state index is 0.406. The Balaban J connectivity index is 1.32. The Labute approximate surface area is 140 Å². The van der Waals surface area contributed by atoms with Crippen LogP contribution < -0.4 is 5.32 Å². The minimum Gasteiger partial charge on any atom is -0.381 e. The van der Waals surface area contributed by atoms with Crippen LogP contribution in [0.25, 0.3) is 10.9 Å². The second-order valence-electron chi connectivity index (χ2n) is 6.10. The normalized spacial score (nSPS) is 17.4. The van der Waals surface area contributed by atoms with E-state index in [4.69, 9.17) is 4.74 Å². The molecule has 24 heavy (non-hydrogen) atoms. The van der Waals surface area contributed by atoms with E-state index < -0.39 is 0 Å². The number of nitrogens with zero attached hydrogens (tertiary/aromatic N) is 4. The van der Waals surface area contributed by atoms with Crippen LogP contribution in [0.1, 0.15) is 24.5 Å². The zero-order valence-electron chi connectivity index (χ0n) is 13.6. The summed E-state index contributed by atoms with van der Waals surface area (Å²) in [6.07, 6.45) is 5.58. The minimum absolute atomic E-state index is 0.406. The van der Waals surface area contributed by atoms with Gasteiger partial charge in [0.25, 0.3) is 0 Å². The van der Waals surface area contributed by atoms with Crippen LogP contribution in [-0.4, -0.2) is 39.5 Å². The first-order valence-electron chi connectivity index (χ1n) is 8.44. The molecule has 0 bridgehead atoms. The highest BCUT2D eigenvalue weighted by Crippen LogP contribution is 2.24. The molecular weight excluding hydrogens is 302 g/mol. The number of aromatic nitrogens is 4. The fraction of sp³-hybridized carbons (Fsp3) is 0.389. The molecule has 0 spiro atoms. The van der Waals surface area contributed by atoms with Crippen molar-refractivity contribution in [2.75, 3.05) is 25.1 Å². The maximum atomic E-state index is 5.44. The summed E-state index contributed by atoms with van der Waals surface area (Å²) in [7, 11) is 0. The quantitative estimate of drug-likeness (QED) is 0.707. The summed E-state index contributed by atoms with van der Waals surface area (Å²) in [5.74, 6) is 1.29. The van der Waals surface area contributed by atoms with E-state index in [0.717, 1.165) is 50.7 Å². The van der Waals surface area contributed by atoms with Crippen molar-refractivity contribution in [1.29, 1.82) is 0 Å². The van der Waals surface area contributed by atoms with Gasteiger partial charge in [-0.05, 0) is 18.9 Å². The van der Waals surface area contributed by atoms with Gasteiger partial charge >= 0.3 is 0 Å². The molecule has 1 fully saturated rings. The summed E-state index contributed by atoms with van der Waals surface area (Å²) in [6, 6.07) is 10.3. The van der Waals surface area contributed by atoms with Gasteiger partial charge in [-0.1, -0.05) is 18.2 Å². The van der Waals surface area contributed by atoms with E-state index in [9.17, 15) is 0 Å². The lowest BCUT2D eigenvalue weighted by Gasteiger charge is -2.10. The summed E-state index contributed by atoms with van der Waals surface area (Å²) >= 11 is 0. The van der Waals surface area contributed by atoms with Crippen molar-refractivity contribution in [3.05, 3.63) is 48.5 Å². The number of ether oxygens (including phenoxy) is 1. The molecule has 6 nitrogen and oxygen atoms in total. The number of fused-ring (bicyclic) bond motifs is 1. The number of hydrogen-bond donors (Lipinski definition) is 1. The summed E-state index contributed by atoms with van der Waals surface area (Å²) in [5.41, 5.74) is 2.26. The molecule has 3 aromatic rings. The predicted molar refractivity (Wildman–Crippen MR) is 93.0 cm³/mol. The molecule has 0 amide bonds. The molecule has 1 aliphatic rings. The molecule has 6 heteroatoms. The zero-order chi connectivity index (χ0) is 16.2. The Kier molecular flexibility index (Phi) is 4.38. The number of benzene rings is 1. The molecule has 4 rings (SSSR count). The number of rotatable bonds is 6. The maximum Gasteiger partial charge on any atom is 0.129 e. The SMILES string of the molecule is c1ccc2c(c1)cnn2CCCNc1cc([C@@H]2CCOC2)ncn1. The third-order valence-electron chi connectivity index (χ3n) is 4.44. The van der Waals surface area contributed by atoms with Crippen LogP contribution in [0.2, 0.25) is 0 Å². The van der Waals surface area contributed by atoms with E-state index in [2.05, 4.69) is 37.2 Å². The van der Waals surface area contributed by atoms with Crippen LogP contribution in [0, 0.1) is 0 Å². The zero-order valence-corrected chi connectivity index (χ0v) is 13.6. The molecule has 3 heterocycles. The van der Waals surface area contributed by atoms with Crippen molar-refractivity contribution in [2.45, 2.75) is 25.3 Å². The van der Waals surface area contributed by atoms with E-state index in [1.165, 1.54) is 10.9 Å². The third kappa shape index (κ3) is 3.23. The van der Waals surface area contributed by atoms with Crippen molar-refractivity contribution >= 4 is 16.7 Å². The van der Waals surface area contributed by atoms with Crippen LogP contribution in [0.15, 0.2) is 42.9 Å². The standard InChI is InChI=1S/C18H21N5O/c1-2-5-17-14(4-1)11-22-23(17)8-3-7-19-18-10-16(20-13-21-18)15-6-9-24-12-15/h1-2,4-5,10-11,13,15H,3,6-9,12H2,(H,19,20,21)/t15-/m1/s1. The van der Waals surface area contributed by atoms with E-state index in [1.54, 1.807) is 6.33 Å². The molecular formula is C18H21N5O. The summed E-state index contributed by atoms with van der Waals surface area (Å²) < 4.78 is 7.49. The average Bonchev–Trinajstić information content (AvgIpc) is 3.29. The second kappa shape index (κ2) is 6.97. The lowest BCUT2D eigenvalue weighted by Crippen LogP contribution is -2.10. The summed E-state index contributed by atoms with van der Waals surface area (Å²) in [4.78, 5) is 8.69. The van der Waals surface area contributed by atoms with E-state index >= 15 is 0 Å². The average molecular weight is 323 g/mol. The van der Waals surface area contributed by atoms with Gasteiger partial charge in [-0.25, -0.2) is 9.97 Å². The fourth-order valence-electron chi connectivity index (χ4n) is 3.11. The molecule has 1 aromatic carbocycles. The second-order valence-corrected chi connectivity index (χ2v) is 6.10. The molecule has 124 valence electrons. The smallest absolute Gasteiger partial charge is 0.129 e. The van der Waals surface area contributed by atoms with Crippen LogP contribution in [-0.2, 0) is 11.3 Å². The maximum absolute atomic E-state index is 5.44. The first kappa shape index (κ1) is 15.1. The molecule has 1 saturated heterocycles. The van der Waals surface area contributed by atoms with E-state index in [-0.39, 0.29) is 0 Å². The number of aryl methyl sites for hydroxylation is 1. The Bertz CT molecular complexity index is 810. The molecule has 0 unspecified atom stereocenters. The predicted octanol–water partition coefficient (Wildman–Crippen LogP) is 2.83. The largest absolute Gasteiger partial charge is 0.381 e. The molecule has 2 aromatic heterocycles. The number of para-hydroxylation sites is 1. The number of anilines is 1. The topological polar surface area (TPSA) is 64.9 Å². The van der Waals surface area contributed by atoms with Crippen molar-refractivity contribution in [3.63, 3.8) is 0 Å². The molecule has 0 aliphatic carbocycles. The number of hydrogen-bond acceptors (Lipinski definition) is 5. The van der Waals surface area contributed by atoms with Gasteiger partial charge in [0.2, 0.25) is 0 Å². The third-order valence-corrected chi connectivity index (χ3v) is 4.44. The van der Waals surface area contributed by atoms with E-state index in [1.807, 2.05) is 24.4 Å². The highest BCUT2D eigenvalue weighted by atomic mass is 16.5. The van der Waals surface area contributed by atoms with Crippen LogP contribution in [0.3, 0.4) is 0 Å². The van der Waals surface area contributed by atoms with Crippen molar-refractivity contribution < 1.29 is 4.74 Å². The first-order valence-corrected chi connectivity index (χ1v) is 8.44. The Morgan fingerprint density at radius 3 is 3.12 bits per heavy atom. The van der Waals surface area contributed by atoms with E-state index in [0.29, 0.717) is 5.92 Å². The van der Waals surface area contributed by atoms with Gasteiger partial charge < -0.3 is 10.1 Å². The van der Waals surface area contributed by atoms with Crippen molar-refractivity contribution in [1.82, 2.24) is 19.7 Å². The highest BCUT2D eigenvalue weighted by molar-refractivity contribution is 5.78. The Morgan fingerprint density at radius 1 is 1.25 bits per heavy atom. The molecule has 1 N–H and O–H groups in total. The van der Waals surface area contributed by atoms with Gasteiger partial charge in [-0.15, -0.1) is 0 Å². The van der Waals surface area contributed by atoms with Crippen LogP contribution >= 0.6 is 0 Å². The van der Waals surface area contributed by atoms with Gasteiger partial charge in [0.1, 0.15) is 12.1 Å². The summed E-state index contributed by atoms with van der Waals surface area (Å²) in [6.45, 7) is 3.33. The number of nitrogens with one attached hydrogen (secondary N) is 1. The molecule has 1 atom stereocenters.